The second-order valence-corrected chi connectivity index (χ2v) is 5.32. The number of rotatable bonds is 6. The predicted octanol–water partition coefficient (Wildman–Crippen LogP) is 1.40. The average Bonchev–Trinajstić information content (AvgIpc) is 2.27. The first-order valence-corrected chi connectivity index (χ1v) is 6.21. The van der Waals surface area contributed by atoms with E-state index in [0.29, 0.717) is 18.3 Å². The van der Waals surface area contributed by atoms with Crippen molar-refractivity contribution >= 4 is 0 Å². The van der Waals surface area contributed by atoms with Crippen LogP contribution in [0.5, 0.6) is 0 Å². The maximum Gasteiger partial charge on any atom is 0.251 e. The molecule has 1 rings (SSSR count). The first kappa shape index (κ1) is 14.9. The first-order valence-electron chi connectivity index (χ1n) is 6.21. The van der Waals surface area contributed by atoms with Crippen LogP contribution in [0, 0.1) is 5.92 Å². The van der Waals surface area contributed by atoms with Gasteiger partial charge in [-0.2, -0.15) is 0 Å². The molecule has 1 heterocycles. The van der Waals surface area contributed by atoms with E-state index < -0.39 is 5.60 Å². The Morgan fingerprint density at radius 2 is 2.17 bits per heavy atom. The minimum Gasteiger partial charge on any atom is -0.371 e. The van der Waals surface area contributed by atoms with E-state index in [-0.39, 0.29) is 5.56 Å². The molecule has 5 nitrogen and oxygen atoms in total. The third-order valence-electron chi connectivity index (χ3n) is 2.73. The number of aromatic nitrogens is 2. The van der Waals surface area contributed by atoms with Crippen LogP contribution in [0.1, 0.15) is 39.2 Å². The molecule has 0 aliphatic heterocycles. The number of methoxy groups -OCH3 is 1. The number of nitrogens with one attached hydrogen (secondary N) is 2. The zero-order valence-electron chi connectivity index (χ0n) is 11.8. The van der Waals surface area contributed by atoms with Gasteiger partial charge in [-0.05, 0) is 26.3 Å². The van der Waals surface area contributed by atoms with Crippen LogP contribution >= 0.6 is 0 Å². The summed E-state index contributed by atoms with van der Waals surface area (Å²) in [5, 5.41) is 3.27. The fourth-order valence-corrected chi connectivity index (χ4v) is 1.47. The van der Waals surface area contributed by atoms with Gasteiger partial charge in [-0.15, -0.1) is 0 Å². The Hall–Kier alpha value is -1.20. The summed E-state index contributed by atoms with van der Waals surface area (Å²) in [5.74, 6) is 1.13. The molecular formula is C13H23N3O2. The number of nitrogens with zero attached hydrogens (tertiary/aromatic N) is 1. The van der Waals surface area contributed by atoms with Crippen molar-refractivity contribution in [1.29, 1.82) is 0 Å². The van der Waals surface area contributed by atoms with Crippen molar-refractivity contribution in [2.24, 2.45) is 5.92 Å². The van der Waals surface area contributed by atoms with Gasteiger partial charge in [0.05, 0.1) is 5.69 Å². The Labute approximate surface area is 108 Å². The van der Waals surface area contributed by atoms with Crippen molar-refractivity contribution in [3.63, 3.8) is 0 Å². The monoisotopic (exact) mass is 253 g/mol. The summed E-state index contributed by atoms with van der Waals surface area (Å²) < 4.78 is 5.32. The van der Waals surface area contributed by atoms with E-state index in [9.17, 15) is 4.79 Å². The molecular weight excluding hydrogens is 230 g/mol. The van der Waals surface area contributed by atoms with Crippen molar-refractivity contribution in [2.75, 3.05) is 13.7 Å². The van der Waals surface area contributed by atoms with Crippen molar-refractivity contribution < 1.29 is 4.74 Å². The summed E-state index contributed by atoms with van der Waals surface area (Å²) >= 11 is 0. The zero-order chi connectivity index (χ0) is 13.8. The van der Waals surface area contributed by atoms with E-state index in [0.717, 1.165) is 12.2 Å². The van der Waals surface area contributed by atoms with Crippen LogP contribution in [0.25, 0.3) is 0 Å². The highest BCUT2D eigenvalue weighted by atomic mass is 16.5. The summed E-state index contributed by atoms with van der Waals surface area (Å²) in [7, 11) is 1.60. The molecule has 0 spiro atoms. The Balaban J connectivity index is 2.85. The second kappa shape index (κ2) is 6.11. The van der Waals surface area contributed by atoms with Gasteiger partial charge in [-0.3, -0.25) is 4.79 Å². The Bertz CT molecular complexity index is 438. The van der Waals surface area contributed by atoms with Gasteiger partial charge >= 0.3 is 0 Å². The Morgan fingerprint density at radius 1 is 1.50 bits per heavy atom. The van der Waals surface area contributed by atoms with Crippen molar-refractivity contribution in [3.8, 4) is 0 Å². The van der Waals surface area contributed by atoms with Crippen molar-refractivity contribution in [2.45, 2.75) is 39.8 Å². The zero-order valence-corrected chi connectivity index (χ0v) is 11.8. The van der Waals surface area contributed by atoms with E-state index in [2.05, 4.69) is 29.1 Å². The quantitative estimate of drug-likeness (QED) is 0.804. The fraction of sp³-hybridized carbons (Fsp3) is 0.692. The molecule has 0 radical (unpaired) electrons. The highest BCUT2D eigenvalue weighted by Gasteiger charge is 2.22. The largest absolute Gasteiger partial charge is 0.371 e. The number of H-pyrrole nitrogens is 1. The normalized spacial score (nSPS) is 12.1. The summed E-state index contributed by atoms with van der Waals surface area (Å²) in [6, 6.07) is 1.52. The molecule has 0 aliphatic carbocycles. The minimum atomic E-state index is -0.590. The van der Waals surface area contributed by atoms with Crippen LogP contribution < -0.4 is 10.9 Å². The maximum atomic E-state index is 11.6. The van der Waals surface area contributed by atoms with Crippen molar-refractivity contribution in [3.05, 3.63) is 27.9 Å². The lowest BCUT2D eigenvalue weighted by Crippen LogP contribution is -2.29. The molecule has 0 aromatic carbocycles. The third-order valence-corrected chi connectivity index (χ3v) is 2.73. The standard InChI is InChI=1S/C13H23N3O2/c1-9(2)7-14-8-10-6-11(17)16-12(15-10)13(3,4)18-5/h6,9,14H,7-8H2,1-5H3,(H,15,16,17). The topological polar surface area (TPSA) is 67.0 Å². The molecule has 2 N–H and O–H groups in total. The van der Waals surface area contributed by atoms with E-state index in [4.69, 9.17) is 4.74 Å². The highest BCUT2D eigenvalue weighted by molar-refractivity contribution is 5.07. The van der Waals surface area contributed by atoms with Crippen LogP contribution in [0.3, 0.4) is 0 Å². The lowest BCUT2D eigenvalue weighted by Gasteiger charge is -2.22. The number of hydrogen-bond donors (Lipinski definition) is 2. The summed E-state index contributed by atoms with van der Waals surface area (Å²) in [5.41, 5.74) is -0.00118. The average molecular weight is 253 g/mol. The Kier molecular flexibility index (Phi) is 5.04. The van der Waals surface area contributed by atoms with Gasteiger partial charge in [-0.25, -0.2) is 4.98 Å². The lowest BCUT2D eigenvalue weighted by atomic mass is 10.1. The minimum absolute atomic E-state index is 0.147. The molecule has 0 saturated heterocycles. The second-order valence-electron chi connectivity index (χ2n) is 5.32. The van der Waals surface area contributed by atoms with Crippen LogP contribution in [0.2, 0.25) is 0 Å². The molecule has 0 fully saturated rings. The molecule has 0 bridgehead atoms. The van der Waals surface area contributed by atoms with Crippen LogP contribution in [-0.2, 0) is 16.9 Å². The molecule has 18 heavy (non-hydrogen) atoms. The molecule has 0 saturated carbocycles. The van der Waals surface area contributed by atoms with E-state index in [1.54, 1.807) is 7.11 Å². The number of ether oxygens (including phenoxy) is 1. The van der Waals surface area contributed by atoms with Crippen molar-refractivity contribution in [1.82, 2.24) is 15.3 Å². The fourth-order valence-electron chi connectivity index (χ4n) is 1.47. The SMILES string of the molecule is COC(C)(C)c1nc(CNCC(C)C)cc(=O)[nH]1. The summed E-state index contributed by atoms with van der Waals surface area (Å²) in [6.07, 6.45) is 0. The molecule has 1 aromatic heterocycles. The van der Waals surface area contributed by atoms with Gasteiger partial charge < -0.3 is 15.0 Å². The molecule has 0 aliphatic rings. The first-order chi connectivity index (χ1) is 8.35. The summed E-state index contributed by atoms with van der Waals surface area (Å²) in [6.45, 7) is 9.51. The predicted molar refractivity (Wildman–Crippen MR) is 71.4 cm³/mol. The van der Waals surface area contributed by atoms with Gasteiger partial charge in [0.25, 0.3) is 5.56 Å². The number of aromatic amines is 1. The van der Waals surface area contributed by atoms with E-state index >= 15 is 0 Å². The lowest BCUT2D eigenvalue weighted by molar-refractivity contribution is 0.0110. The maximum absolute atomic E-state index is 11.6. The molecule has 0 unspecified atom stereocenters. The van der Waals surface area contributed by atoms with Gasteiger partial charge in [0.1, 0.15) is 11.4 Å². The van der Waals surface area contributed by atoms with E-state index in [1.165, 1.54) is 6.07 Å². The molecule has 0 amide bonds. The molecule has 5 heteroatoms. The third kappa shape index (κ3) is 4.23. The van der Waals surface area contributed by atoms with E-state index in [1.807, 2.05) is 13.8 Å². The van der Waals surface area contributed by atoms with Gasteiger partial charge in [0, 0.05) is 19.7 Å². The van der Waals surface area contributed by atoms with Gasteiger partial charge in [0.2, 0.25) is 0 Å². The smallest absolute Gasteiger partial charge is 0.251 e. The molecule has 102 valence electrons. The summed E-state index contributed by atoms with van der Waals surface area (Å²) in [4.78, 5) is 18.7. The van der Waals surface area contributed by atoms with Gasteiger partial charge in [0.15, 0.2) is 0 Å². The van der Waals surface area contributed by atoms with Gasteiger partial charge in [-0.1, -0.05) is 13.8 Å². The molecule has 0 atom stereocenters. The van der Waals surface area contributed by atoms with Crippen LogP contribution in [0.4, 0.5) is 0 Å². The van der Waals surface area contributed by atoms with Crippen LogP contribution in [0.15, 0.2) is 10.9 Å². The number of hydrogen-bond acceptors (Lipinski definition) is 4. The highest BCUT2D eigenvalue weighted by Crippen LogP contribution is 2.18. The Morgan fingerprint density at radius 3 is 2.72 bits per heavy atom. The van der Waals surface area contributed by atoms with Crippen LogP contribution in [-0.4, -0.2) is 23.6 Å². The molecule has 1 aromatic rings.